The Hall–Kier alpha value is -4.20. The van der Waals surface area contributed by atoms with Gasteiger partial charge in [-0.25, -0.2) is 5.06 Å². The minimum Gasteiger partial charge on any atom is -0.375 e. The first kappa shape index (κ1) is 48.0. The first-order chi connectivity index (χ1) is 26.9. The van der Waals surface area contributed by atoms with Gasteiger partial charge in [0.25, 0.3) is 5.91 Å². The second-order valence-electron chi connectivity index (χ2n) is 15.0. The van der Waals surface area contributed by atoms with Crippen molar-refractivity contribution in [1.29, 1.82) is 5.26 Å². The van der Waals surface area contributed by atoms with Crippen LogP contribution in [0.25, 0.3) is 0 Å². The summed E-state index contributed by atoms with van der Waals surface area (Å²) in [5.74, 6) is 0.613. The first-order valence-electron chi connectivity index (χ1n) is 20.9. The Labute approximate surface area is 340 Å². The van der Waals surface area contributed by atoms with Crippen LogP contribution in [-0.4, -0.2) is 110 Å². The quantitative estimate of drug-likeness (QED) is 0.0652. The largest absolute Gasteiger partial charge is 0.375 e. The van der Waals surface area contributed by atoms with E-state index in [1.807, 2.05) is 45.1 Å². The van der Waals surface area contributed by atoms with Gasteiger partial charge in [-0.05, 0) is 94.0 Å². The van der Waals surface area contributed by atoms with Gasteiger partial charge >= 0.3 is 0 Å². The van der Waals surface area contributed by atoms with E-state index in [1.54, 1.807) is 31.0 Å². The number of hydrogen-bond donors (Lipinski definition) is 1. The van der Waals surface area contributed by atoms with Crippen LogP contribution in [0.3, 0.4) is 0 Å². The molecular weight excluding hydrogens is 699 g/mol. The molecule has 10 nitrogen and oxygen atoms in total. The number of hydroxylamine groups is 2. The molecule has 3 rings (SSSR count). The molecule has 1 heterocycles. The summed E-state index contributed by atoms with van der Waals surface area (Å²) in [4.78, 5) is 43.1. The van der Waals surface area contributed by atoms with Gasteiger partial charge in [0.15, 0.2) is 0 Å². The van der Waals surface area contributed by atoms with Crippen LogP contribution in [0.15, 0.2) is 71.4 Å². The number of benzene rings is 1. The number of aryl methyl sites for hydroxylation is 1. The highest BCUT2D eigenvalue weighted by Gasteiger charge is 2.34. The molecule has 3 atom stereocenters. The number of aliphatic imine (C=N–C) groups is 1. The molecule has 310 valence electrons. The first-order valence-corrected chi connectivity index (χ1v) is 20.9. The predicted octanol–water partition coefficient (Wildman–Crippen LogP) is 8.45. The molecule has 3 unspecified atom stereocenters. The van der Waals surface area contributed by atoms with E-state index in [0.29, 0.717) is 18.5 Å². The Bertz CT molecular complexity index is 1570. The van der Waals surface area contributed by atoms with Gasteiger partial charge in [0.2, 0.25) is 5.91 Å². The lowest BCUT2D eigenvalue weighted by Gasteiger charge is -2.38. The molecule has 1 saturated carbocycles. The zero-order valence-corrected chi connectivity index (χ0v) is 36.5. The third-order valence-electron chi connectivity index (χ3n) is 11.1. The van der Waals surface area contributed by atoms with E-state index in [0.717, 1.165) is 98.1 Å². The average molecular weight is 772 g/mol. The smallest absolute Gasteiger partial charge is 0.253 e. The van der Waals surface area contributed by atoms with Crippen molar-refractivity contribution in [3.8, 4) is 6.07 Å². The number of nitrogens with zero attached hydrogens (tertiary/aromatic N) is 6. The number of rotatable bonds is 19. The Morgan fingerprint density at radius 1 is 1.09 bits per heavy atom. The Balaban J connectivity index is 0.00000532. The van der Waals surface area contributed by atoms with Crippen molar-refractivity contribution in [2.24, 2.45) is 4.99 Å². The van der Waals surface area contributed by atoms with Gasteiger partial charge in [-0.1, -0.05) is 83.1 Å². The minimum atomic E-state index is -0.350. The van der Waals surface area contributed by atoms with Crippen LogP contribution in [0.5, 0.6) is 0 Å². The Morgan fingerprint density at radius 2 is 1.79 bits per heavy atom. The van der Waals surface area contributed by atoms with E-state index in [2.05, 4.69) is 74.5 Å². The van der Waals surface area contributed by atoms with Gasteiger partial charge in [-0.2, -0.15) is 5.26 Å². The van der Waals surface area contributed by atoms with Gasteiger partial charge in [0.1, 0.15) is 11.9 Å². The van der Waals surface area contributed by atoms with Crippen molar-refractivity contribution >= 4 is 17.6 Å². The maximum atomic E-state index is 13.3. The molecule has 2 fully saturated rings. The maximum Gasteiger partial charge on any atom is 0.253 e. The van der Waals surface area contributed by atoms with Crippen molar-refractivity contribution in [2.45, 2.75) is 129 Å². The summed E-state index contributed by atoms with van der Waals surface area (Å²) in [6.45, 7) is 20.4. The normalized spacial score (nSPS) is 17.4. The number of allylic oxidation sites excluding steroid dienone is 4. The van der Waals surface area contributed by atoms with E-state index in [1.165, 1.54) is 6.42 Å². The van der Waals surface area contributed by atoms with Gasteiger partial charge in [-0.3, -0.25) is 19.4 Å². The number of hydrogen-bond acceptors (Lipinski definition) is 7. The average Bonchev–Trinajstić information content (AvgIpc) is 3.72. The van der Waals surface area contributed by atoms with Crippen LogP contribution >= 0.6 is 0 Å². The van der Waals surface area contributed by atoms with Gasteiger partial charge < -0.3 is 20.0 Å². The van der Waals surface area contributed by atoms with Crippen LogP contribution in [0.4, 0.5) is 0 Å². The molecule has 56 heavy (non-hydrogen) atoms. The second-order valence-corrected chi connectivity index (χ2v) is 15.0. The van der Waals surface area contributed by atoms with Gasteiger partial charge in [0.05, 0.1) is 25.8 Å². The topological polar surface area (TPSA) is 105 Å². The summed E-state index contributed by atoms with van der Waals surface area (Å²) < 4.78 is 0. The van der Waals surface area contributed by atoms with Crippen molar-refractivity contribution in [1.82, 2.24) is 25.1 Å². The van der Waals surface area contributed by atoms with Crippen molar-refractivity contribution in [3.05, 3.63) is 83.1 Å². The lowest BCUT2D eigenvalue weighted by molar-refractivity contribution is -0.130. The molecule has 1 saturated heterocycles. The number of carbonyl (C=O) groups is 2. The molecule has 2 amide bonds. The minimum absolute atomic E-state index is 0.0123. The second kappa shape index (κ2) is 25.1. The summed E-state index contributed by atoms with van der Waals surface area (Å²) in [7, 11) is 9.14. The number of likely N-dealkylation sites (N-methyl/N-ethyl adjacent to an activating group) is 1. The zero-order chi connectivity index (χ0) is 41.8. The zero-order valence-electron chi connectivity index (χ0n) is 36.5. The fraction of sp³-hybridized carbons (Fsp3) is 0.609. The highest BCUT2D eigenvalue weighted by molar-refractivity contribution is 5.95. The van der Waals surface area contributed by atoms with E-state index in [4.69, 9.17) is 9.83 Å². The fourth-order valence-electron chi connectivity index (χ4n) is 7.58. The number of amidine groups is 1. The third kappa shape index (κ3) is 13.8. The molecular formula is C46H73N7O3. The Morgan fingerprint density at radius 3 is 2.38 bits per heavy atom. The highest BCUT2D eigenvalue weighted by atomic mass is 16.7. The van der Waals surface area contributed by atoms with Crippen molar-refractivity contribution < 1.29 is 14.4 Å². The molecule has 0 radical (unpaired) electrons. The van der Waals surface area contributed by atoms with E-state index >= 15 is 0 Å². The third-order valence-corrected chi connectivity index (χ3v) is 11.1. The maximum absolute atomic E-state index is 13.3. The summed E-state index contributed by atoms with van der Waals surface area (Å²) in [6.07, 6.45) is 16.5. The van der Waals surface area contributed by atoms with E-state index in [9.17, 15) is 14.9 Å². The monoisotopic (exact) mass is 772 g/mol. The van der Waals surface area contributed by atoms with Crippen LogP contribution in [0.2, 0.25) is 0 Å². The summed E-state index contributed by atoms with van der Waals surface area (Å²) >= 11 is 0. The van der Waals surface area contributed by atoms with Crippen LogP contribution in [-0.2, 0) is 16.1 Å². The molecule has 1 N–H and O–H groups in total. The highest BCUT2D eigenvalue weighted by Crippen LogP contribution is 2.34. The molecule has 10 heteroatoms. The summed E-state index contributed by atoms with van der Waals surface area (Å²) in [6, 6.07) is 8.24. The molecule has 0 aromatic heterocycles. The molecule has 1 aliphatic carbocycles. The summed E-state index contributed by atoms with van der Waals surface area (Å²) in [5, 5.41) is 15.2. The van der Waals surface area contributed by atoms with E-state index < -0.39 is 0 Å². The van der Waals surface area contributed by atoms with Gasteiger partial charge in [-0.15, -0.1) is 0 Å². The summed E-state index contributed by atoms with van der Waals surface area (Å²) in [5.41, 5.74) is 5.74. The number of nitrogens with one attached hydrogen (secondary N) is 1. The number of nitriles is 1. The molecule has 0 spiro atoms. The molecule has 1 aliphatic heterocycles. The SMILES string of the molecule is C=C(/C=C\C(C)=C\CCc1cc(C(=O)N(C)C)ccc1C(CC(CC)NCC(=O)N1CCCC1C#N)C(=NC)N(OC)C1CCCCC1)C(=C)N(C)CC.CC. The molecule has 2 aliphatic rings. The molecule has 0 bridgehead atoms. The van der Waals surface area contributed by atoms with Crippen LogP contribution < -0.4 is 5.32 Å². The van der Waals surface area contributed by atoms with E-state index in [-0.39, 0.29) is 42.4 Å². The lowest BCUT2D eigenvalue weighted by Crippen LogP contribution is -2.46. The van der Waals surface area contributed by atoms with Crippen LogP contribution in [0, 0.1) is 11.3 Å². The number of carbonyl (C=O) groups excluding carboxylic acids is 2. The Kier molecular flexibility index (Phi) is 21.5. The standard InChI is InChI=1S/C44H67N7O3.C2H6/c1-11-37(47-31-42(52)50-27-17-22-39(50)30-45)29-41(43(46-6)51(54-10)38-20-14-13-15-21-38)40-26-25-36(44(53)48(7)8)28-35(40)19-16-18-32(3)23-24-33(4)34(5)49(9)12-2;1-2/h18,23-26,28,37-39,41,47H,4-5,11-17,19-22,27,29,31H2,1-3,6-10H3;1-2H3/b24-23-,32-18+,46-43?;. The van der Waals surface area contributed by atoms with Crippen molar-refractivity contribution in [3.63, 3.8) is 0 Å². The molecule has 1 aromatic carbocycles. The van der Waals surface area contributed by atoms with Gasteiger partial charge in [0, 0.05) is 64.5 Å². The molecule has 1 aromatic rings. The fourth-order valence-corrected chi connectivity index (χ4v) is 7.58. The number of amides is 2. The van der Waals surface area contributed by atoms with Crippen LogP contribution in [0.1, 0.15) is 126 Å². The van der Waals surface area contributed by atoms with Crippen molar-refractivity contribution in [2.75, 3.05) is 54.9 Å². The predicted molar refractivity (Wildman–Crippen MR) is 232 cm³/mol. The number of likely N-dealkylation sites (tertiary alicyclic amines) is 1. The lowest BCUT2D eigenvalue weighted by atomic mass is 9.83.